The quantitative estimate of drug-likeness (QED) is 0.855. The fraction of sp³-hybridized carbons (Fsp3) is 0.643. The molecule has 104 valence electrons. The van der Waals surface area contributed by atoms with Gasteiger partial charge in [0.15, 0.2) is 0 Å². The van der Waals surface area contributed by atoms with Crippen LogP contribution in [0.2, 0.25) is 0 Å². The van der Waals surface area contributed by atoms with Gasteiger partial charge in [-0.1, -0.05) is 19.8 Å². The molecule has 1 heterocycles. The Labute approximate surface area is 114 Å². The van der Waals surface area contributed by atoms with Crippen molar-refractivity contribution in [2.45, 2.75) is 58.0 Å². The average molecular weight is 262 g/mol. The van der Waals surface area contributed by atoms with Crippen molar-refractivity contribution in [1.29, 1.82) is 0 Å². The number of hydrogen-bond donors (Lipinski definition) is 2. The number of nitrogens with one attached hydrogen (secondary N) is 2. The van der Waals surface area contributed by atoms with E-state index in [2.05, 4.69) is 34.4 Å². The molecule has 1 aliphatic rings. The van der Waals surface area contributed by atoms with Crippen LogP contribution in [0, 0.1) is 0 Å². The van der Waals surface area contributed by atoms with Crippen LogP contribution in [0.1, 0.15) is 56.4 Å². The molecule has 1 aromatic heterocycles. The van der Waals surface area contributed by atoms with Crippen molar-refractivity contribution in [2.75, 3.05) is 5.32 Å². The highest BCUT2D eigenvalue weighted by Gasteiger charge is 2.18. The molecule has 2 rings (SSSR count). The van der Waals surface area contributed by atoms with E-state index in [-0.39, 0.29) is 5.91 Å². The zero-order valence-corrected chi connectivity index (χ0v) is 11.6. The number of aromatic nitrogens is 2. The number of carbonyl (C=O) groups is 1. The van der Waals surface area contributed by atoms with Crippen molar-refractivity contribution in [3.8, 4) is 0 Å². The van der Waals surface area contributed by atoms with Crippen LogP contribution in [0.5, 0.6) is 0 Å². The fourth-order valence-electron chi connectivity index (χ4n) is 2.20. The first kappa shape index (κ1) is 13.8. The Kier molecular flexibility index (Phi) is 4.71. The molecule has 0 saturated heterocycles. The Bertz CT molecular complexity index is 412. The molecule has 1 saturated carbocycles. The third-order valence-corrected chi connectivity index (χ3v) is 3.58. The van der Waals surface area contributed by atoms with Crippen LogP contribution in [0.4, 0.5) is 5.82 Å². The van der Waals surface area contributed by atoms with Crippen molar-refractivity contribution < 1.29 is 4.79 Å². The number of amides is 1. The minimum atomic E-state index is -0.116. The van der Waals surface area contributed by atoms with E-state index < -0.39 is 0 Å². The van der Waals surface area contributed by atoms with Crippen molar-refractivity contribution in [2.24, 2.45) is 0 Å². The Hall–Kier alpha value is -1.65. The monoisotopic (exact) mass is 262 g/mol. The lowest BCUT2D eigenvalue weighted by Crippen LogP contribution is -2.33. The summed E-state index contributed by atoms with van der Waals surface area (Å²) in [5.41, 5.74) is 0.390. The third-order valence-electron chi connectivity index (χ3n) is 3.58. The number of carbonyl (C=O) groups excluding carboxylic acids is 1. The molecule has 0 spiro atoms. The lowest BCUT2D eigenvalue weighted by Gasteiger charge is -2.13. The summed E-state index contributed by atoms with van der Waals surface area (Å²) < 4.78 is 0. The molecule has 0 aliphatic heterocycles. The summed E-state index contributed by atoms with van der Waals surface area (Å²) in [5, 5.41) is 6.23. The molecule has 19 heavy (non-hydrogen) atoms. The molecule has 5 heteroatoms. The SMILES string of the molecule is CCC(C)Nc1cnc(C(=O)NC2CCCC2)cn1. The van der Waals surface area contributed by atoms with Crippen molar-refractivity contribution in [1.82, 2.24) is 15.3 Å². The van der Waals surface area contributed by atoms with Gasteiger partial charge in [-0.05, 0) is 26.2 Å². The number of nitrogens with zero attached hydrogens (tertiary/aromatic N) is 2. The van der Waals surface area contributed by atoms with Crippen LogP contribution in [0.3, 0.4) is 0 Å². The summed E-state index contributed by atoms with van der Waals surface area (Å²) in [7, 11) is 0. The molecule has 0 radical (unpaired) electrons. The van der Waals surface area contributed by atoms with Crippen LogP contribution >= 0.6 is 0 Å². The predicted octanol–water partition coefficient (Wildman–Crippen LogP) is 2.36. The second-order valence-electron chi connectivity index (χ2n) is 5.20. The first-order valence-corrected chi connectivity index (χ1v) is 7.08. The Balaban J connectivity index is 1.91. The van der Waals surface area contributed by atoms with Crippen molar-refractivity contribution >= 4 is 11.7 Å². The van der Waals surface area contributed by atoms with E-state index >= 15 is 0 Å². The minimum Gasteiger partial charge on any atom is -0.366 e. The standard InChI is InChI=1S/C14H22N4O/c1-3-10(2)17-13-9-15-12(8-16-13)14(19)18-11-6-4-5-7-11/h8-11H,3-7H2,1-2H3,(H,16,17)(H,18,19). The predicted molar refractivity (Wildman–Crippen MR) is 75.1 cm³/mol. The number of hydrogen-bond acceptors (Lipinski definition) is 4. The molecule has 0 bridgehead atoms. The van der Waals surface area contributed by atoms with Gasteiger partial charge in [-0.3, -0.25) is 4.79 Å². The van der Waals surface area contributed by atoms with Crippen LogP contribution in [-0.4, -0.2) is 28.0 Å². The maximum absolute atomic E-state index is 12.0. The molecular weight excluding hydrogens is 240 g/mol. The topological polar surface area (TPSA) is 66.9 Å². The van der Waals surface area contributed by atoms with Crippen molar-refractivity contribution in [3.63, 3.8) is 0 Å². The van der Waals surface area contributed by atoms with E-state index in [1.54, 1.807) is 6.20 Å². The molecule has 1 aliphatic carbocycles. The maximum Gasteiger partial charge on any atom is 0.271 e. The van der Waals surface area contributed by atoms with Crippen LogP contribution in [0.15, 0.2) is 12.4 Å². The Morgan fingerprint density at radius 3 is 2.68 bits per heavy atom. The Morgan fingerprint density at radius 1 is 1.37 bits per heavy atom. The molecule has 1 fully saturated rings. The summed E-state index contributed by atoms with van der Waals surface area (Å²) in [6.45, 7) is 4.19. The van der Waals surface area contributed by atoms with Crippen LogP contribution in [-0.2, 0) is 0 Å². The maximum atomic E-state index is 12.0. The second-order valence-corrected chi connectivity index (χ2v) is 5.20. The van der Waals surface area contributed by atoms with Crippen LogP contribution in [0.25, 0.3) is 0 Å². The molecule has 5 nitrogen and oxygen atoms in total. The average Bonchev–Trinajstić information content (AvgIpc) is 2.92. The van der Waals surface area contributed by atoms with E-state index in [0.29, 0.717) is 23.6 Å². The van der Waals surface area contributed by atoms with Gasteiger partial charge < -0.3 is 10.6 Å². The highest BCUT2D eigenvalue weighted by molar-refractivity contribution is 5.92. The number of rotatable bonds is 5. The van der Waals surface area contributed by atoms with Crippen LogP contribution < -0.4 is 10.6 Å². The first-order valence-electron chi connectivity index (χ1n) is 7.08. The lowest BCUT2D eigenvalue weighted by atomic mass is 10.2. The third kappa shape index (κ3) is 3.91. The van der Waals surface area contributed by atoms with E-state index in [0.717, 1.165) is 19.3 Å². The van der Waals surface area contributed by atoms with Crippen molar-refractivity contribution in [3.05, 3.63) is 18.1 Å². The summed E-state index contributed by atoms with van der Waals surface area (Å²) in [4.78, 5) is 20.4. The molecule has 1 aromatic rings. The van der Waals surface area contributed by atoms with E-state index in [4.69, 9.17) is 0 Å². The summed E-state index contributed by atoms with van der Waals surface area (Å²) in [5.74, 6) is 0.598. The lowest BCUT2D eigenvalue weighted by molar-refractivity contribution is 0.0932. The first-order chi connectivity index (χ1) is 9.19. The molecule has 2 N–H and O–H groups in total. The van der Waals surface area contributed by atoms with Gasteiger partial charge in [0.1, 0.15) is 11.5 Å². The van der Waals surface area contributed by atoms with Gasteiger partial charge in [-0.15, -0.1) is 0 Å². The highest BCUT2D eigenvalue weighted by Crippen LogP contribution is 2.17. The van der Waals surface area contributed by atoms with E-state index in [9.17, 15) is 4.79 Å². The van der Waals surface area contributed by atoms with Gasteiger partial charge >= 0.3 is 0 Å². The van der Waals surface area contributed by atoms with Gasteiger partial charge in [0.25, 0.3) is 5.91 Å². The minimum absolute atomic E-state index is 0.116. The van der Waals surface area contributed by atoms with E-state index in [1.165, 1.54) is 19.0 Å². The molecule has 1 amide bonds. The highest BCUT2D eigenvalue weighted by atomic mass is 16.1. The second kappa shape index (κ2) is 6.50. The molecule has 0 aromatic carbocycles. The van der Waals surface area contributed by atoms with Gasteiger partial charge in [0.05, 0.1) is 12.4 Å². The number of anilines is 1. The molecule has 1 unspecified atom stereocenters. The molecule has 1 atom stereocenters. The van der Waals surface area contributed by atoms with Gasteiger partial charge in [0.2, 0.25) is 0 Å². The zero-order chi connectivity index (χ0) is 13.7. The molecular formula is C14H22N4O. The van der Waals surface area contributed by atoms with E-state index in [1.807, 2.05) is 0 Å². The Morgan fingerprint density at radius 2 is 2.11 bits per heavy atom. The largest absolute Gasteiger partial charge is 0.366 e. The summed E-state index contributed by atoms with van der Waals surface area (Å²) >= 11 is 0. The van der Waals surface area contributed by atoms with Gasteiger partial charge in [0, 0.05) is 12.1 Å². The zero-order valence-electron chi connectivity index (χ0n) is 11.6. The smallest absolute Gasteiger partial charge is 0.271 e. The van der Waals surface area contributed by atoms with Gasteiger partial charge in [-0.2, -0.15) is 0 Å². The fourth-order valence-corrected chi connectivity index (χ4v) is 2.20. The summed E-state index contributed by atoms with van der Waals surface area (Å²) in [6, 6.07) is 0.666. The van der Waals surface area contributed by atoms with Gasteiger partial charge in [-0.25, -0.2) is 9.97 Å². The summed E-state index contributed by atoms with van der Waals surface area (Å²) in [6.07, 6.45) is 8.73. The normalized spacial score (nSPS) is 17.2.